The molecule has 73 valence electrons. The molecule has 0 heterocycles. The van der Waals surface area contributed by atoms with Gasteiger partial charge in [0.1, 0.15) is 0 Å². The topological polar surface area (TPSA) is 82.3 Å². The summed E-state index contributed by atoms with van der Waals surface area (Å²) in [5.74, 6) is 0. The average molecular weight is 193 g/mol. The molecule has 1 aromatic rings. The summed E-state index contributed by atoms with van der Waals surface area (Å²) in [5.41, 5.74) is 11.1. The van der Waals surface area contributed by atoms with Crippen LogP contribution in [0.2, 0.25) is 0 Å². The van der Waals surface area contributed by atoms with Crippen molar-refractivity contribution in [2.75, 3.05) is 10.9 Å². The highest BCUT2D eigenvalue weighted by Gasteiger charge is 1.93. The molecule has 0 fully saturated rings. The van der Waals surface area contributed by atoms with E-state index in [0.717, 1.165) is 0 Å². The van der Waals surface area contributed by atoms with Crippen molar-refractivity contribution in [3.63, 3.8) is 0 Å². The van der Waals surface area contributed by atoms with Crippen molar-refractivity contribution in [3.8, 4) is 0 Å². The predicted octanol–water partition coefficient (Wildman–Crippen LogP) is -0.367. The van der Waals surface area contributed by atoms with Crippen molar-refractivity contribution in [2.45, 2.75) is 0 Å². The Balaban J connectivity index is 2.58. The minimum atomic E-state index is 0.518. The van der Waals surface area contributed by atoms with Crippen LogP contribution in [0, 0.1) is 6.07 Å². The van der Waals surface area contributed by atoms with Crippen LogP contribution >= 0.6 is 0 Å². The van der Waals surface area contributed by atoms with E-state index >= 15 is 0 Å². The van der Waals surface area contributed by atoms with Gasteiger partial charge < -0.3 is 0 Å². The summed E-state index contributed by atoms with van der Waals surface area (Å²) in [5, 5.41) is 0. The van der Waals surface area contributed by atoms with Gasteiger partial charge in [0.25, 0.3) is 0 Å². The number of hydrogen-bond acceptors (Lipinski definition) is 4. The highest BCUT2D eigenvalue weighted by Crippen LogP contribution is 2.12. The first kappa shape index (κ1) is 9.85. The molecule has 6 nitrogen and oxygen atoms in total. The zero-order chi connectivity index (χ0) is 10.2. The minimum Gasteiger partial charge on any atom is -0.299 e. The normalized spacial score (nSPS) is 8.57. The van der Waals surface area contributed by atoms with Gasteiger partial charge in [-0.25, -0.2) is 0 Å². The zero-order valence-electron chi connectivity index (χ0n) is 7.20. The number of benzene rings is 1. The van der Waals surface area contributed by atoms with Gasteiger partial charge in [-0.15, -0.1) is 0 Å². The van der Waals surface area contributed by atoms with Gasteiger partial charge in [0.05, 0.1) is 11.4 Å². The lowest BCUT2D eigenvalue weighted by atomic mass is 10.3. The van der Waals surface area contributed by atoms with E-state index in [-0.39, 0.29) is 0 Å². The first-order valence-electron chi connectivity index (χ1n) is 3.78. The van der Waals surface area contributed by atoms with E-state index < -0.39 is 0 Å². The maximum Gasteiger partial charge on any atom is 0.225 e. The second-order valence-corrected chi connectivity index (χ2v) is 2.28. The molecule has 1 aromatic carbocycles. The summed E-state index contributed by atoms with van der Waals surface area (Å²) >= 11 is 0. The summed E-state index contributed by atoms with van der Waals surface area (Å²) in [6.07, 6.45) is 1.04. The largest absolute Gasteiger partial charge is 0.299 e. The standard InChI is InChI=1S/C8H9N4O2/c13-5-9-11-7-2-1-3-8(4-7)12-10-6-14/h2-6,11-12H,(H,9,13)(H,10,14). The number of hydrogen-bond donors (Lipinski definition) is 4. The number of rotatable bonds is 6. The smallest absolute Gasteiger partial charge is 0.225 e. The predicted molar refractivity (Wildman–Crippen MR) is 50.9 cm³/mol. The van der Waals surface area contributed by atoms with Crippen LogP contribution in [0.3, 0.4) is 0 Å². The molecule has 14 heavy (non-hydrogen) atoms. The minimum absolute atomic E-state index is 0.518. The molecule has 1 radical (unpaired) electrons. The lowest BCUT2D eigenvalue weighted by molar-refractivity contribution is -0.109. The summed E-state index contributed by atoms with van der Waals surface area (Å²) in [6, 6.07) is 7.78. The zero-order valence-corrected chi connectivity index (χ0v) is 7.20. The molecule has 0 bridgehead atoms. The molecule has 4 N–H and O–H groups in total. The van der Waals surface area contributed by atoms with Gasteiger partial charge in [0, 0.05) is 0 Å². The average Bonchev–Trinajstić information content (AvgIpc) is 2.24. The van der Waals surface area contributed by atoms with Crippen LogP contribution < -0.4 is 21.7 Å². The van der Waals surface area contributed by atoms with Crippen molar-refractivity contribution in [1.29, 1.82) is 0 Å². The number of nitrogens with one attached hydrogen (secondary N) is 4. The van der Waals surface area contributed by atoms with Crippen LogP contribution in [0.15, 0.2) is 18.2 Å². The summed E-state index contributed by atoms with van der Waals surface area (Å²) in [4.78, 5) is 20.0. The van der Waals surface area contributed by atoms with Crippen molar-refractivity contribution < 1.29 is 9.59 Å². The van der Waals surface area contributed by atoms with Gasteiger partial charge in [0.15, 0.2) is 0 Å². The molecule has 0 saturated carbocycles. The number of carbonyl (C=O) groups excluding carboxylic acids is 2. The second kappa shape index (κ2) is 5.41. The highest BCUT2D eigenvalue weighted by molar-refractivity contribution is 5.60. The summed E-state index contributed by atoms with van der Waals surface area (Å²) < 4.78 is 0. The molecule has 0 spiro atoms. The maximum absolute atomic E-state index is 9.98. The Morgan fingerprint density at radius 2 is 1.50 bits per heavy atom. The van der Waals surface area contributed by atoms with E-state index in [2.05, 4.69) is 27.8 Å². The highest BCUT2D eigenvalue weighted by atomic mass is 16.1. The maximum atomic E-state index is 9.98. The molecule has 1 rings (SSSR count). The van der Waals surface area contributed by atoms with Crippen LogP contribution in [0.25, 0.3) is 0 Å². The molecule has 0 aliphatic carbocycles. The molecule has 2 amide bonds. The third-order valence-electron chi connectivity index (χ3n) is 1.34. The van der Waals surface area contributed by atoms with Crippen molar-refractivity contribution in [2.24, 2.45) is 0 Å². The fourth-order valence-corrected chi connectivity index (χ4v) is 0.842. The van der Waals surface area contributed by atoms with E-state index in [4.69, 9.17) is 0 Å². The Morgan fingerprint density at radius 1 is 1.00 bits per heavy atom. The monoisotopic (exact) mass is 193 g/mol. The molecular weight excluding hydrogens is 184 g/mol. The van der Waals surface area contributed by atoms with E-state index in [1.807, 2.05) is 0 Å². The molecule has 0 unspecified atom stereocenters. The fourth-order valence-electron chi connectivity index (χ4n) is 0.842. The van der Waals surface area contributed by atoms with Gasteiger partial charge in [-0.2, -0.15) is 0 Å². The van der Waals surface area contributed by atoms with Crippen LogP contribution in [-0.4, -0.2) is 12.8 Å². The van der Waals surface area contributed by atoms with Gasteiger partial charge in [-0.3, -0.25) is 31.3 Å². The SMILES string of the molecule is O=CNNc1c[c]cc(NNC=O)c1. The third-order valence-corrected chi connectivity index (χ3v) is 1.34. The Hall–Kier alpha value is -2.24. The van der Waals surface area contributed by atoms with Crippen LogP contribution in [0.1, 0.15) is 0 Å². The van der Waals surface area contributed by atoms with Gasteiger partial charge in [-0.1, -0.05) is 0 Å². The van der Waals surface area contributed by atoms with E-state index in [0.29, 0.717) is 24.2 Å². The van der Waals surface area contributed by atoms with Crippen molar-refractivity contribution in [1.82, 2.24) is 10.9 Å². The van der Waals surface area contributed by atoms with Gasteiger partial charge in [-0.05, 0) is 24.3 Å². The summed E-state index contributed by atoms with van der Waals surface area (Å²) in [7, 11) is 0. The van der Waals surface area contributed by atoms with Gasteiger partial charge in [0.2, 0.25) is 12.8 Å². The Bertz CT molecular complexity index is 289. The molecule has 0 aliphatic heterocycles. The number of carbonyl (C=O) groups is 2. The lowest BCUT2D eigenvalue weighted by Crippen LogP contribution is -2.20. The number of amides is 2. The van der Waals surface area contributed by atoms with Gasteiger partial charge >= 0.3 is 0 Å². The fraction of sp³-hybridized carbons (Fsp3) is 0. The quantitative estimate of drug-likeness (QED) is 0.367. The Kier molecular flexibility index (Phi) is 3.81. The first-order valence-corrected chi connectivity index (χ1v) is 3.78. The molecule has 0 aromatic heterocycles. The van der Waals surface area contributed by atoms with Crippen molar-refractivity contribution >= 4 is 24.2 Å². The van der Waals surface area contributed by atoms with Crippen LogP contribution in [-0.2, 0) is 9.59 Å². The lowest BCUT2D eigenvalue weighted by Gasteiger charge is -2.07. The van der Waals surface area contributed by atoms with Crippen LogP contribution in [0.4, 0.5) is 11.4 Å². The third kappa shape index (κ3) is 3.02. The number of hydrazine groups is 2. The van der Waals surface area contributed by atoms with E-state index in [1.54, 1.807) is 18.2 Å². The number of anilines is 2. The second-order valence-electron chi connectivity index (χ2n) is 2.28. The molecular formula is C8H9N4O2. The summed E-state index contributed by atoms with van der Waals surface area (Å²) in [6.45, 7) is 0. The first-order chi connectivity index (χ1) is 6.86. The van der Waals surface area contributed by atoms with E-state index in [9.17, 15) is 9.59 Å². The van der Waals surface area contributed by atoms with Crippen LogP contribution in [0.5, 0.6) is 0 Å². The molecule has 0 saturated heterocycles. The van der Waals surface area contributed by atoms with Crippen molar-refractivity contribution in [3.05, 3.63) is 24.3 Å². The Labute approximate surface area is 80.6 Å². The molecule has 0 atom stereocenters. The Morgan fingerprint density at radius 3 is 1.93 bits per heavy atom. The molecule has 6 heteroatoms. The van der Waals surface area contributed by atoms with E-state index in [1.165, 1.54) is 0 Å². The molecule has 0 aliphatic rings.